The minimum absolute atomic E-state index is 0.0433. The fourth-order valence-electron chi connectivity index (χ4n) is 2.09. The van der Waals surface area contributed by atoms with Gasteiger partial charge in [0.1, 0.15) is 0 Å². The topological polar surface area (TPSA) is 103 Å². The average Bonchev–Trinajstić information content (AvgIpc) is 2.65. The molecule has 0 saturated heterocycles. The second-order valence-electron chi connectivity index (χ2n) is 5.02. The molecule has 2 aromatic carbocycles. The summed E-state index contributed by atoms with van der Waals surface area (Å²) >= 11 is 0. The molecule has 0 unspecified atom stereocenters. The van der Waals surface area contributed by atoms with Crippen LogP contribution in [0.4, 0.5) is 5.69 Å². The van der Waals surface area contributed by atoms with E-state index in [1.165, 1.54) is 32.4 Å². The van der Waals surface area contributed by atoms with Gasteiger partial charge in [0.2, 0.25) is 0 Å². The van der Waals surface area contributed by atoms with Gasteiger partial charge in [0.25, 0.3) is 11.6 Å². The van der Waals surface area contributed by atoms with Crippen LogP contribution in [-0.4, -0.2) is 30.8 Å². The maximum Gasteiger partial charge on any atom is 0.271 e. The van der Waals surface area contributed by atoms with Crippen molar-refractivity contribution in [2.75, 3.05) is 14.2 Å². The molecule has 0 radical (unpaired) electrons. The van der Waals surface area contributed by atoms with Gasteiger partial charge in [0, 0.05) is 23.3 Å². The molecule has 0 aromatic heterocycles. The van der Waals surface area contributed by atoms with Gasteiger partial charge in [0.05, 0.1) is 24.9 Å². The van der Waals surface area contributed by atoms with E-state index in [-0.39, 0.29) is 5.69 Å². The lowest BCUT2D eigenvalue weighted by Crippen LogP contribution is -2.19. The quantitative estimate of drug-likeness (QED) is 0.493. The molecule has 130 valence electrons. The van der Waals surface area contributed by atoms with Crippen LogP contribution in [0, 0.1) is 10.1 Å². The summed E-state index contributed by atoms with van der Waals surface area (Å²) in [6, 6.07) is 10.7. The second-order valence-corrected chi connectivity index (χ2v) is 5.02. The first-order chi connectivity index (χ1) is 12.0. The Morgan fingerprint density at radius 2 is 1.80 bits per heavy atom. The molecular weight excluding hydrogens is 326 g/mol. The van der Waals surface area contributed by atoms with Gasteiger partial charge in [-0.2, -0.15) is 5.10 Å². The number of hydrogen-bond donors (Lipinski definition) is 1. The minimum atomic E-state index is -0.487. The third-order valence-corrected chi connectivity index (χ3v) is 3.45. The van der Waals surface area contributed by atoms with E-state index < -0.39 is 10.8 Å². The Balaban J connectivity index is 2.16. The number of non-ortho nitro benzene ring substituents is 1. The summed E-state index contributed by atoms with van der Waals surface area (Å²) < 4.78 is 10.3. The van der Waals surface area contributed by atoms with Crippen LogP contribution in [0.2, 0.25) is 0 Å². The van der Waals surface area contributed by atoms with Gasteiger partial charge in [-0.25, -0.2) is 5.43 Å². The SMILES string of the molecule is COc1ccc(C(=O)NN=C(C)c2cccc([N+](=O)[O-])c2)cc1OC. The van der Waals surface area contributed by atoms with E-state index in [4.69, 9.17) is 9.47 Å². The first-order valence-corrected chi connectivity index (χ1v) is 7.27. The molecule has 0 bridgehead atoms. The highest BCUT2D eigenvalue weighted by Gasteiger charge is 2.11. The fourth-order valence-corrected chi connectivity index (χ4v) is 2.09. The number of nitrogens with zero attached hydrogens (tertiary/aromatic N) is 2. The number of carbonyl (C=O) groups excluding carboxylic acids is 1. The molecule has 8 nitrogen and oxygen atoms in total. The number of rotatable bonds is 6. The number of ether oxygens (including phenoxy) is 2. The van der Waals surface area contributed by atoms with E-state index >= 15 is 0 Å². The summed E-state index contributed by atoms with van der Waals surface area (Å²) in [5.41, 5.74) is 3.70. The molecule has 0 atom stereocenters. The van der Waals surface area contributed by atoms with Crippen molar-refractivity contribution >= 4 is 17.3 Å². The van der Waals surface area contributed by atoms with Gasteiger partial charge in [-0.05, 0) is 25.1 Å². The van der Waals surface area contributed by atoms with Crippen LogP contribution < -0.4 is 14.9 Å². The van der Waals surface area contributed by atoms with Crippen LogP contribution in [-0.2, 0) is 0 Å². The van der Waals surface area contributed by atoms with Crippen LogP contribution in [0.1, 0.15) is 22.8 Å². The smallest absolute Gasteiger partial charge is 0.271 e. The first-order valence-electron chi connectivity index (χ1n) is 7.27. The molecule has 0 spiro atoms. The minimum Gasteiger partial charge on any atom is -0.493 e. The maximum absolute atomic E-state index is 12.2. The van der Waals surface area contributed by atoms with Crippen molar-refractivity contribution in [1.82, 2.24) is 5.43 Å². The van der Waals surface area contributed by atoms with E-state index in [2.05, 4.69) is 10.5 Å². The molecule has 1 amide bonds. The number of hydrazone groups is 1. The monoisotopic (exact) mass is 343 g/mol. The summed E-state index contributed by atoms with van der Waals surface area (Å²) in [4.78, 5) is 22.5. The van der Waals surface area contributed by atoms with Crippen LogP contribution in [0.5, 0.6) is 11.5 Å². The summed E-state index contributed by atoms with van der Waals surface area (Å²) in [6.45, 7) is 1.65. The fraction of sp³-hybridized carbons (Fsp3) is 0.176. The number of nitro groups is 1. The lowest BCUT2D eigenvalue weighted by molar-refractivity contribution is -0.384. The van der Waals surface area contributed by atoms with E-state index in [1.807, 2.05) is 0 Å². The Bertz CT molecular complexity index is 833. The third-order valence-electron chi connectivity index (χ3n) is 3.45. The molecule has 2 rings (SSSR count). The van der Waals surface area contributed by atoms with Gasteiger partial charge < -0.3 is 9.47 Å². The zero-order chi connectivity index (χ0) is 18.4. The summed E-state index contributed by atoms with van der Waals surface area (Å²) in [6.07, 6.45) is 0. The highest BCUT2D eigenvalue weighted by atomic mass is 16.6. The van der Waals surface area contributed by atoms with E-state index in [1.54, 1.807) is 31.2 Å². The predicted molar refractivity (Wildman–Crippen MR) is 92.3 cm³/mol. The summed E-state index contributed by atoms with van der Waals surface area (Å²) in [5, 5.41) is 14.8. The molecule has 25 heavy (non-hydrogen) atoms. The highest BCUT2D eigenvalue weighted by Crippen LogP contribution is 2.27. The van der Waals surface area contributed by atoms with Crippen molar-refractivity contribution in [1.29, 1.82) is 0 Å². The standard InChI is InChI=1S/C17H17N3O5/c1-11(12-5-4-6-14(9-12)20(22)23)18-19-17(21)13-7-8-15(24-2)16(10-13)25-3/h4-10H,1-3H3,(H,19,21). The molecule has 0 heterocycles. The highest BCUT2D eigenvalue weighted by molar-refractivity contribution is 6.01. The molecule has 8 heteroatoms. The van der Waals surface area contributed by atoms with Gasteiger partial charge in [-0.15, -0.1) is 0 Å². The van der Waals surface area contributed by atoms with Crippen molar-refractivity contribution < 1.29 is 19.2 Å². The molecule has 0 fully saturated rings. The van der Waals surface area contributed by atoms with E-state index in [0.717, 1.165) is 0 Å². The van der Waals surface area contributed by atoms with Gasteiger partial charge >= 0.3 is 0 Å². The first kappa shape index (κ1) is 17.9. The molecular formula is C17H17N3O5. The lowest BCUT2D eigenvalue weighted by Gasteiger charge is -2.09. The number of hydrogen-bond acceptors (Lipinski definition) is 6. The Hall–Kier alpha value is -3.42. The van der Waals surface area contributed by atoms with Crippen LogP contribution >= 0.6 is 0 Å². The van der Waals surface area contributed by atoms with Crippen molar-refractivity contribution in [2.24, 2.45) is 5.10 Å². The summed E-state index contributed by atoms with van der Waals surface area (Å²) in [7, 11) is 2.98. The molecule has 1 N–H and O–H groups in total. The predicted octanol–water partition coefficient (Wildman–Crippen LogP) is 2.77. The second kappa shape index (κ2) is 7.91. The normalized spacial score (nSPS) is 10.9. The number of amides is 1. The molecule has 0 saturated carbocycles. The summed E-state index contributed by atoms with van der Waals surface area (Å²) in [5.74, 6) is 0.496. The van der Waals surface area contributed by atoms with Gasteiger partial charge in [-0.3, -0.25) is 14.9 Å². The van der Waals surface area contributed by atoms with Crippen molar-refractivity contribution in [2.45, 2.75) is 6.92 Å². The lowest BCUT2D eigenvalue weighted by atomic mass is 10.1. The number of nitrogens with one attached hydrogen (secondary N) is 1. The molecule has 0 aliphatic carbocycles. The van der Waals surface area contributed by atoms with Crippen LogP contribution in [0.25, 0.3) is 0 Å². The largest absolute Gasteiger partial charge is 0.493 e. The maximum atomic E-state index is 12.2. The zero-order valence-electron chi connectivity index (χ0n) is 14.0. The molecule has 2 aromatic rings. The van der Waals surface area contributed by atoms with E-state index in [0.29, 0.717) is 28.3 Å². The van der Waals surface area contributed by atoms with Gasteiger partial charge in [-0.1, -0.05) is 12.1 Å². The average molecular weight is 343 g/mol. The van der Waals surface area contributed by atoms with Crippen molar-refractivity contribution in [3.8, 4) is 11.5 Å². The Morgan fingerprint density at radius 3 is 2.44 bits per heavy atom. The third kappa shape index (κ3) is 4.31. The number of nitro benzene ring substituents is 1. The van der Waals surface area contributed by atoms with Crippen LogP contribution in [0.15, 0.2) is 47.6 Å². The number of benzene rings is 2. The van der Waals surface area contributed by atoms with E-state index in [9.17, 15) is 14.9 Å². The van der Waals surface area contributed by atoms with Crippen LogP contribution in [0.3, 0.4) is 0 Å². The molecule has 0 aliphatic heterocycles. The Kier molecular flexibility index (Phi) is 5.67. The number of methoxy groups -OCH3 is 2. The molecule has 0 aliphatic rings. The Labute approximate surface area is 144 Å². The van der Waals surface area contributed by atoms with Crippen molar-refractivity contribution in [3.05, 3.63) is 63.7 Å². The Morgan fingerprint density at radius 1 is 1.08 bits per heavy atom. The zero-order valence-corrected chi connectivity index (χ0v) is 14.0. The number of carbonyl (C=O) groups is 1. The van der Waals surface area contributed by atoms with Gasteiger partial charge in [0.15, 0.2) is 11.5 Å². The van der Waals surface area contributed by atoms with Crippen molar-refractivity contribution in [3.63, 3.8) is 0 Å².